The Morgan fingerprint density at radius 1 is 1.14 bits per heavy atom. The van der Waals surface area contributed by atoms with Gasteiger partial charge in [0.1, 0.15) is 0 Å². The van der Waals surface area contributed by atoms with Crippen molar-refractivity contribution in [2.24, 2.45) is 11.8 Å². The van der Waals surface area contributed by atoms with Gasteiger partial charge in [-0.15, -0.1) is 0 Å². The van der Waals surface area contributed by atoms with E-state index in [0.29, 0.717) is 6.04 Å². The first kappa shape index (κ1) is 14.2. The first-order chi connectivity index (χ1) is 10.2. The molecule has 2 aromatic rings. The Balaban J connectivity index is 1.69. The summed E-state index contributed by atoms with van der Waals surface area (Å²) >= 11 is 0. The maximum atomic E-state index is 4.15. The van der Waals surface area contributed by atoms with Crippen molar-refractivity contribution < 1.29 is 0 Å². The molecule has 1 aliphatic carbocycles. The van der Waals surface area contributed by atoms with Crippen molar-refractivity contribution >= 4 is 5.69 Å². The van der Waals surface area contributed by atoms with Crippen molar-refractivity contribution in [3.63, 3.8) is 0 Å². The molecule has 1 aromatic heterocycles. The van der Waals surface area contributed by atoms with Crippen molar-refractivity contribution in [1.29, 1.82) is 0 Å². The molecule has 3 nitrogen and oxygen atoms in total. The summed E-state index contributed by atoms with van der Waals surface area (Å²) in [6.07, 6.45) is 10.9. The Bertz CT molecular complexity index is 552. The fourth-order valence-corrected chi connectivity index (χ4v) is 3.37. The lowest BCUT2D eigenvalue weighted by Crippen LogP contribution is -2.28. The Kier molecular flexibility index (Phi) is 4.28. The average Bonchev–Trinajstić information content (AvgIpc) is 3.02. The van der Waals surface area contributed by atoms with E-state index in [2.05, 4.69) is 53.0 Å². The molecule has 1 aliphatic rings. The molecule has 1 heterocycles. The first-order valence-electron chi connectivity index (χ1n) is 8.08. The van der Waals surface area contributed by atoms with E-state index < -0.39 is 0 Å². The second-order valence-corrected chi connectivity index (χ2v) is 6.49. The van der Waals surface area contributed by atoms with E-state index in [9.17, 15) is 0 Å². The molecular weight excluding hydrogens is 258 g/mol. The van der Waals surface area contributed by atoms with Gasteiger partial charge in [0.05, 0.1) is 17.7 Å². The molecule has 21 heavy (non-hydrogen) atoms. The number of para-hydroxylation sites is 2. The number of nitrogens with zero attached hydrogens (tertiary/aromatic N) is 2. The number of hydrogen-bond acceptors (Lipinski definition) is 2. The lowest BCUT2D eigenvalue weighted by molar-refractivity contribution is 0.267. The zero-order valence-electron chi connectivity index (χ0n) is 13.0. The maximum Gasteiger partial charge on any atom is 0.0992 e. The normalized spacial score (nSPS) is 22.4. The molecule has 1 saturated carbocycles. The molecule has 0 amide bonds. The summed E-state index contributed by atoms with van der Waals surface area (Å²) in [5, 5.41) is 3.75. The smallest absolute Gasteiger partial charge is 0.0992 e. The summed E-state index contributed by atoms with van der Waals surface area (Å²) in [5.41, 5.74) is 2.39. The van der Waals surface area contributed by atoms with Crippen LogP contribution in [0.1, 0.15) is 39.5 Å². The minimum Gasteiger partial charge on any atom is -0.381 e. The third-order valence-electron chi connectivity index (χ3n) is 4.76. The quantitative estimate of drug-likeness (QED) is 0.895. The lowest BCUT2D eigenvalue weighted by atomic mass is 9.79. The van der Waals surface area contributed by atoms with Gasteiger partial charge in [-0.3, -0.25) is 0 Å². The topological polar surface area (TPSA) is 29.9 Å². The molecule has 0 saturated heterocycles. The molecule has 0 unspecified atom stereocenters. The lowest BCUT2D eigenvalue weighted by Gasteiger charge is -2.32. The Labute approximate surface area is 127 Å². The van der Waals surface area contributed by atoms with Crippen LogP contribution in [0.5, 0.6) is 0 Å². The summed E-state index contributed by atoms with van der Waals surface area (Å²) in [6, 6.07) is 9.09. The standard InChI is InChI=1S/C18H25N3/c1-14(2)15-7-9-16(10-8-15)20-17-5-3-4-6-18(17)21-12-11-19-13-21/h3-6,11-16,20H,7-10H2,1-2H3. The second kappa shape index (κ2) is 6.33. The summed E-state index contributed by atoms with van der Waals surface area (Å²) in [6.45, 7) is 4.71. The first-order valence-corrected chi connectivity index (χ1v) is 8.08. The third kappa shape index (κ3) is 3.29. The molecule has 1 aromatic carbocycles. The number of aromatic nitrogens is 2. The minimum absolute atomic E-state index is 0.602. The van der Waals surface area contributed by atoms with E-state index in [1.54, 1.807) is 0 Å². The van der Waals surface area contributed by atoms with Gasteiger partial charge in [-0.1, -0.05) is 26.0 Å². The predicted molar refractivity (Wildman–Crippen MR) is 87.8 cm³/mol. The second-order valence-electron chi connectivity index (χ2n) is 6.49. The minimum atomic E-state index is 0.602. The van der Waals surface area contributed by atoms with E-state index in [-0.39, 0.29) is 0 Å². The molecule has 1 fully saturated rings. The molecule has 1 N–H and O–H groups in total. The van der Waals surface area contributed by atoms with Gasteiger partial charge < -0.3 is 9.88 Å². The highest BCUT2D eigenvalue weighted by atomic mass is 15.1. The maximum absolute atomic E-state index is 4.15. The van der Waals surface area contributed by atoms with Gasteiger partial charge in [-0.2, -0.15) is 0 Å². The predicted octanol–water partition coefficient (Wildman–Crippen LogP) is 4.50. The largest absolute Gasteiger partial charge is 0.381 e. The molecule has 0 bridgehead atoms. The van der Waals surface area contributed by atoms with Gasteiger partial charge in [0.2, 0.25) is 0 Å². The van der Waals surface area contributed by atoms with Gasteiger partial charge in [0.15, 0.2) is 0 Å². The van der Waals surface area contributed by atoms with Crippen LogP contribution in [0.15, 0.2) is 43.0 Å². The number of imidazole rings is 1. The zero-order chi connectivity index (χ0) is 14.7. The average molecular weight is 283 g/mol. The monoisotopic (exact) mass is 283 g/mol. The molecule has 0 atom stereocenters. The SMILES string of the molecule is CC(C)C1CCC(Nc2ccccc2-n2ccnc2)CC1. The highest BCUT2D eigenvalue weighted by Crippen LogP contribution is 2.32. The third-order valence-corrected chi connectivity index (χ3v) is 4.76. The van der Waals surface area contributed by atoms with Crippen LogP contribution in [0, 0.1) is 11.8 Å². The van der Waals surface area contributed by atoms with E-state index in [1.807, 2.05) is 18.7 Å². The zero-order valence-corrected chi connectivity index (χ0v) is 13.0. The number of rotatable bonds is 4. The highest BCUT2D eigenvalue weighted by Gasteiger charge is 2.23. The van der Waals surface area contributed by atoms with E-state index >= 15 is 0 Å². The number of benzene rings is 1. The van der Waals surface area contributed by atoms with Crippen LogP contribution in [-0.2, 0) is 0 Å². The van der Waals surface area contributed by atoms with Crippen LogP contribution in [-0.4, -0.2) is 15.6 Å². The molecule has 3 rings (SSSR count). The molecule has 112 valence electrons. The molecule has 0 aliphatic heterocycles. The Morgan fingerprint density at radius 3 is 2.57 bits per heavy atom. The fourth-order valence-electron chi connectivity index (χ4n) is 3.37. The summed E-state index contributed by atoms with van der Waals surface area (Å²) < 4.78 is 2.07. The van der Waals surface area contributed by atoms with Crippen molar-refractivity contribution in [2.45, 2.75) is 45.6 Å². The van der Waals surface area contributed by atoms with Crippen LogP contribution in [0.2, 0.25) is 0 Å². The van der Waals surface area contributed by atoms with Gasteiger partial charge in [0, 0.05) is 18.4 Å². The van der Waals surface area contributed by atoms with Crippen molar-refractivity contribution in [2.75, 3.05) is 5.32 Å². The van der Waals surface area contributed by atoms with Gasteiger partial charge in [-0.05, 0) is 49.7 Å². The van der Waals surface area contributed by atoms with Crippen molar-refractivity contribution in [3.05, 3.63) is 43.0 Å². The molecule has 3 heteroatoms. The van der Waals surface area contributed by atoms with Gasteiger partial charge in [0.25, 0.3) is 0 Å². The summed E-state index contributed by atoms with van der Waals surface area (Å²) in [4.78, 5) is 4.15. The summed E-state index contributed by atoms with van der Waals surface area (Å²) in [7, 11) is 0. The van der Waals surface area contributed by atoms with Crippen molar-refractivity contribution in [1.82, 2.24) is 9.55 Å². The molecular formula is C18H25N3. The van der Waals surface area contributed by atoms with E-state index in [0.717, 1.165) is 11.8 Å². The Morgan fingerprint density at radius 2 is 1.90 bits per heavy atom. The van der Waals surface area contributed by atoms with Gasteiger partial charge in [-0.25, -0.2) is 4.98 Å². The summed E-state index contributed by atoms with van der Waals surface area (Å²) in [5.74, 6) is 1.73. The number of anilines is 1. The fraction of sp³-hybridized carbons (Fsp3) is 0.500. The number of hydrogen-bond donors (Lipinski definition) is 1. The van der Waals surface area contributed by atoms with E-state index in [1.165, 1.54) is 37.1 Å². The Hall–Kier alpha value is -1.77. The van der Waals surface area contributed by atoms with Crippen LogP contribution < -0.4 is 5.32 Å². The van der Waals surface area contributed by atoms with Gasteiger partial charge >= 0.3 is 0 Å². The van der Waals surface area contributed by atoms with Crippen molar-refractivity contribution in [3.8, 4) is 5.69 Å². The van der Waals surface area contributed by atoms with Crippen LogP contribution in [0.4, 0.5) is 5.69 Å². The number of nitrogens with one attached hydrogen (secondary N) is 1. The van der Waals surface area contributed by atoms with Crippen LogP contribution >= 0.6 is 0 Å². The highest BCUT2D eigenvalue weighted by molar-refractivity contribution is 5.61. The molecule has 0 radical (unpaired) electrons. The van der Waals surface area contributed by atoms with Crippen LogP contribution in [0.25, 0.3) is 5.69 Å². The molecule has 0 spiro atoms. The van der Waals surface area contributed by atoms with Crippen LogP contribution in [0.3, 0.4) is 0 Å². The van der Waals surface area contributed by atoms with E-state index in [4.69, 9.17) is 0 Å².